The van der Waals surface area contributed by atoms with Crippen LogP contribution in [0.2, 0.25) is 0 Å². The monoisotopic (exact) mass is 270 g/mol. The SMILES string of the molecule is N#Cc1c(F)cccc1NC1CS(=O)(=O)CC1O. The number of benzene rings is 1. The number of aliphatic hydroxyl groups is 1. The topological polar surface area (TPSA) is 90.2 Å². The van der Waals surface area contributed by atoms with E-state index in [4.69, 9.17) is 5.26 Å². The molecule has 0 radical (unpaired) electrons. The van der Waals surface area contributed by atoms with E-state index in [1.165, 1.54) is 12.1 Å². The fraction of sp³-hybridized carbons (Fsp3) is 0.364. The van der Waals surface area contributed by atoms with E-state index in [-0.39, 0.29) is 22.8 Å². The minimum absolute atomic E-state index is 0.186. The molecule has 2 N–H and O–H groups in total. The van der Waals surface area contributed by atoms with Gasteiger partial charge in [-0.15, -0.1) is 0 Å². The average molecular weight is 270 g/mol. The summed E-state index contributed by atoms with van der Waals surface area (Å²) in [6, 6.07) is 5.01. The number of nitrogens with one attached hydrogen (secondary N) is 1. The summed E-state index contributed by atoms with van der Waals surface area (Å²) in [7, 11) is -3.28. The molecule has 2 atom stereocenters. The maximum atomic E-state index is 13.3. The van der Waals surface area contributed by atoms with E-state index in [1.807, 2.05) is 0 Å². The molecule has 1 heterocycles. The number of hydrogen-bond donors (Lipinski definition) is 2. The molecule has 1 aliphatic heterocycles. The second kappa shape index (κ2) is 4.55. The van der Waals surface area contributed by atoms with Gasteiger partial charge in [-0.05, 0) is 12.1 Å². The molecule has 1 aromatic carbocycles. The lowest BCUT2D eigenvalue weighted by molar-refractivity contribution is 0.190. The van der Waals surface area contributed by atoms with Crippen LogP contribution in [-0.2, 0) is 9.84 Å². The molecular formula is C11H11FN2O3S. The average Bonchev–Trinajstić information content (AvgIpc) is 2.52. The molecule has 0 aliphatic carbocycles. The second-order valence-corrected chi connectivity index (χ2v) is 6.32. The van der Waals surface area contributed by atoms with Crippen molar-refractivity contribution in [1.82, 2.24) is 0 Å². The highest BCUT2D eigenvalue weighted by Gasteiger charge is 2.36. The van der Waals surface area contributed by atoms with Gasteiger partial charge in [0.25, 0.3) is 0 Å². The van der Waals surface area contributed by atoms with E-state index >= 15 is 0 Å². The molecule has 2 unspecified atom stereocenters. The van der Waals surface area contributed by atoms with Crippen molar-refractivity contribution in [3.63, 3.8) is 0 Å². The van der Waals surface area contributed by atoms with E-state index in [9.17, 15) is 17.9 Å². The van der Waals surface area contributed by atoms with Gasteiger partial charge in [0.05, 0.1) is 29.3 Å². The molecule has 18 heavy (non-hydrogen) atoms. The van der Waals surface area contributed by atoms with Crippen LogP contribution in [0.3, 0.4) is 0 Å². The van der Waals surface area contributed by atoms with Gasteiger partial charge in [0.15, 0.2) is 9.84 Å². The highest BCUT2D eigenvalue weighted by molar-refractivity contribution is 7.91. The van der Waals surface area contributed by atoms with Gasteiger partial charge in [0.2, 0.25) is 0 Å². The van der Waals surface area contributed by atoms with Gasteiger partial charge in [-0.3, -0.25) is 0 Å². The maximum absolute atomic E-state index is 13.3. The first-order valence-electron chi connectivity index (χ1n) is 5.26. The molecular weight excluding hydrogens is 259 g/mol. The first-order chi connectivity index (χ1) is 8.43. The molecule has 1 aliphatic rings. The predicted molar refractivity (Wildman–Crippen MR) is 63.2 cm³/mol. The molecule has 96 valence electrons. The fourth-order valence-electron chi connectivity index (χ4n) is 1.92. The zero-order chi connectivity index (χ0) is 13.3. The smallest absolute Gasteiger partial charge is 0.155 e. The van der Waals surface area contributed by atoms with Crippen LogP contribution in [0.5, 0.6) is 0 Å². The Morgan fingerprint density at radius 3 is 2.72 bits per heavy atom. The minimum Gasteiger partial charge on any atom is -0.390 e. The Morgan fingerprint density at radius 2 is 2.17 bits per heavy atom. The molecule has 1 fully saturated rings. The standard InChI is InChI=1S/C11H11FN2O3S/c12-8-2-1-3-9(7(8)4-13)14-10-5-18(16,17)6-11(10)15/h1-3,10-11,14-15H,5-6H2. The van der Waals surface area contributed by atoms with Crippen molar-refractivity contribution >= 4 is 15.5 Å². The minimum atomic E-state index is -3.28. The lowest BCUT2D eigenvalue weighted by Gasteiger charge is -2.17. The van der Waals surface area contributed by atoms with Gasteiger partial charge < -0.3 is 10.4 Å². The number of aliphatic hydroxyl groups excluding tert-OH is 1. The van der Waals surface area contributed by atoms with Gasteiger partial charge in [-0.25, -0.2) is 12.8 Å². The third kappa shape index (κ3) is 2.44. The first kappa shape index (κ1) is 12.8. The molecule has 7 heteroatoms. The summed E-state index contributed by atoms with van der Waals surface area (Å²) in [5.74, 6) is -1.23. The maximum Gasteiger partial charge on any atom is 0.155 e. The Morgan fingerprint density at radius 1 is 1.44 bits per heavy atom. The van der Waals surface area contributed by atoms with Crippen LogP contribution in [-0.4, -0.2) is 37.2 Å². The van der Waals surface area contributed by atoms with Crippen molar-refractivity contribution in [2.75, 3.05) is 16.8 Å². The number of nitriles is 1. The number of rotatable bonds is 2. The summed E-state index contributed by atoms with van der Waals surface area (Å²) in [5, 5.41) is 21.1. The number of anilines is 1. The van der Waals surface area contributed by atoms with Crippen molar-refractivity contribution in [3.05, 3.63) is 29.6 Å². The Kier molecular flexibility index (Phi) is 3.24. The Labute approximate surface area is 104 Å². The van der Waals surface area contributed by atoms with Gasteiger partial charge in [-0.1, -0.05) is 6.07 Å². The summed E-state index contributed by atoms with van der Waals surface area (Å²) in [6.07, 6.45) is -1.05. The van der Waals surface area contributed by atoms with Crippen molar-refractivity contribution in [3.8, 4) is 6.07 Å². The largest absolute Gasteiger partial charge is 0.390 e. The third-order valence-electron chi connectivity index (χ3n) is 2.79. The lowest BCUT2D eigenvalue weighted by Crippen LogP contribution is -2.32. The zero-order valence-corrected chi connectivity index (χ0v) is 10.1. The van der Waals surface area contributed by atoms with Crippen LogP contribution in [0.4, 0.5) is 10.1 Å². The molecule has 0 saturated carbocycles. The summed E-state index contributed by atoms with van der Waals surface area (Å²) >= 11 is 0. The van der Waals surface area contributed by atoms with E-state index in [1.54, 1.807) is 6.07 Å². The molecule has 0 spiro atoms. The van der Waals surface area contributed by atoms with E-state index in [0.29, 0.717) is 0 Å². The van der Waals surface area contributed by atoms with Crippen molar-refractivity contribution in [1.29, 1.82) is 5.26 Å². The van der Waals surface area contributed by atoms with E-state index in [0.717, 1.165) is 6.07 Å². The predicted octanol–water partition coefficient (Wildman–Crippen LogP) is 0.267. The van der Waals surface area contributed by atoms with Crippen LogP contribution in [0, 0.1) is 17.1 Å². The van der Waals surface area contributed by atoms with Crippen molar-refractivity contribution in [2.45, 2.75) is 12.1 Å². The number of halogens is 1. The third-order valence-corrected chi connectivity index (χ3v) is 4.51. The highest BCUT2D eigenvalue weighted by Crippen LogP contribution is 2.22. The summed E-state index contributed by atoms with van der Waals surface area (Å²) in [6.45, 7) is 0. The molecule has 1 aromatic rings. The number of hydrogen-bond acceptors (Lipinski definition) is 5. The zero-order valence-electron chi connectivity index (χ0n) is 9.30. The van der Waals surface area contributed by atoms with Crippen LogP contribution < -0.4 is 5.32 Å². The Hall–Kier alpha value is -1.65. The Balaban J connectivity index is 2.26. The van der Waals surface area contributed by atoms with Crippen LogP contribution in [0.15, 0.2) is 18.2 Å². The Bertz CT molecular complexity index is 609. The molecule has 1 saturated heterocycles. The molecule has 0 amide bonds. The van der Waals surface area contributed by atoms with Crippen molar-refractivity contribution < 1.29 is 17.9 Å². The second-order valence-electron chi connectivity index (χ2n) is 4.17. The van der Waals surface area contributed by atoms with Crippen LogP contribution in [0.25, 0.3) is 0 Å². The summed E-state index contributed by atoms with van der Waals surface area (Å²) in [5.41, 5.74) is 0.00708. The van der Waals surface area contributed by atoms with E-state index in [2.05, 4.69) is 5.32 Å². The van der Waals surface area contributed by atoms with E-state index < -0.39 is 27.8 Å². The van der Waals surface area contributed by atoms with Crippen LogP contribution >= 0.6 is 0 Å². The highest BCUT2D eigenvalue weighted by atomic mass is 32.2. The fourth-order valence-corrected chi connectivity index (χ4v) is 3.67. The normalized spacial score (nSPS) is 25.6. The molecule has 2 rings (SSSR count). The summed E-state index contributed by atoms with van der Waals surface area (Å²) in [4.78, 5) is 0. The van der Waals surface area contributed by atoms with Crippen LogP contribution in [0.1, 0.15) is 5.56 Å². The first-order valence-corrected chi connectivity index (χ1v) is 7.09. The summed E-state index contributed by atoms with van der Waals surface area (Å²) < 4.78 is 36.0. The molecule has 5 nitrogen and oxygen atoms in total. The van der Waals surface area contributed by atoms with Gasteiger partial charge in [-0.2, -0.15) is 5.26 Å². The lowest BCUT2D eigenvalue weighted by atomic mass is 10.1. The number of sulfone groups is 1. The molecule has 0 bridgehead atoms. The van der Waals surface area contributed by atoms with Crippen molar-refractivity contribution in [2.24, 2.45) is 0 Å². The molecule has 0 aromatic heterocycles. The number of nitrogens with zero attached hydrogens (tertiary/aromatic N) is 1. The van der Waals surface area contributed by atoms with Gasteiger partial charge in [0.1, 0.15) is 17.4 Å². The quantitative estimate of drug-likeness (QED) is 0.805. The van der Waals surface area contributed by atoms with Gasteiger partial charge in [0, 0.05) is 0 Å². The van der Waals surface area contributed by atoms with Gasteiger partial charge >= 0.3 is 0 Å².